The lowest BCUT2D eigenvalue weighted by Gasteiger charge is -2.02. The molecule has 14 heavy (non-hydrogen) atoms. The zero-order valence-electron chi connectivity index (χ0n) is 7.16. The van der Waals surface area contributed by atoms with E-state index in [0.717, 1.165) is 0 Å². The highest BCUT2D eigenvalue weighted by Gasteiger charge is 1.96. The molecule has 0 amide bonds. The summed E-state index contributed by atoms with van der Waals surface area (Å²) < 4.78 is 5.26. The van der Waals surface area contributed by atoms with Crippen molar-refractivity contribution in [1.29, 1.82) is 0 Å². The Morgan fingerprint density at radius 3 is 2.93 bits per heavy atom. The molecular weight excluding hydrogens is 218 g/mol. The zero-order chi connectivity index (χ0) is 10.2. The average molecular weight is 224 g/mol. The third kappa shape index (κ3) is 3.59. The van der Waals surface area contributed by atoms with Crippen LogP contribution < -0.4 is 4.74 Å². The minimum Gasteiger partial charge on any atom is -0.479 e. The molecule has 2 nitrogen and oxygen atoms in total. The molecule has 0 N–H and O–H groups in total. The van der Waals surface area contributed by atoms with Gasteiger partial charge in [0.1, 0.15) is 5.75 Å². The normalized spacial score (nSPS) is 8.07. The van der Waals surface area contributed by atoms with E-state index in [1.54, 1.807) is 12.1 Å². The minimum atomic E-state index is 0.226. The molecule has 0 radical (unpaired) electrons. The van der Waals surface area contributed by atoms with Crippen molar-refractivity contribution in [2.24, 2.45) is 4.99 Å². The number of thiocarbonyl (C=S) groups is 1. The van der Waals surface area contributed by atoms with Crippen LogP contribution in [-0.4, -0.2) is 11.8 Å². The number of benzene rings is 1. The van der Waals surface area contributed by atoms with Gasteiger partial charge in [-0.2, -0.15) is 0 Å². The molecule has 0 aliphatic heterocycles. The third-order valence-electron chi connectivity index (χ3n) is 1.32. The second kappa shape index (κ2) is 6.17. The molecule has 0 saturated heterocycles. The number of para-hydroxylation sites is 1. The van der Waals surface area contributed by atoms with Gasteiger partial charge in [0.2, 0.25) is 0 Å². The van der Waals surface area contributed by atoms with Crippen LogP contribution in [0.1, 0.15) is 0 Å². The van der Waals surface area contributed by atoms with Gasteiger partial charge in [-0.05, 0) is 30.3 Å². The molecule has 70 valence electrons. The number of hydrogen-bond acceptors (Lipinski definition) is 3. The number of nitrogens with zero attached hydrogens (tertiary/aromatic N) is 1. The maximum atomic E-state index is 5.84. The second-order valence-electron chi connectivity index (χ2n) is 2.21. The van der Waals surface area contributed by atoms with Gasteiger partial charge in [0, 0.05) is 6.04 Å². The summed E-state index contributed by atoms with van der Waals surface area (Å²) in [6, 6.07) is 9.60. The van der Waals surface area contributed by atoms with Crippen molar-refractivity contribution in [1.82, 2.24) is 0 Å². The van der Waals surface area contributed by atoms with E-state index in [2.05, 4.69) is 34.3 Å². The summed E-state index contributed by atoms with van der Waals surface area (Å²) in [6.07, 6.45) is 0. The van der Waals surface area contributed by atoms with E-state index < -0.39 is 0 Å². The fraction of sp³-hybridized carbons (Fsp3) is 0.100. The lowest BCUT2D eigenvalue weighted by atomic mass is 10.3. The van der Waals surface area contributed by atoms with Crippen LogP contribution in [0, 0.1) is 12.0 Å². The molecule has 0 saturated carbocycles. The summed E-state index contributed by atoms with van der Waals surface area (Å²) in [4.78, 5) is 3.42. The Hall–Kier alpha value is -1.33. The Morgan fingerprint density at radius 2 is 2.21 bits per heavy atom. The first-order valence-electron chi connectivity index (χ1n) is 3.76. The van der Waals surface area contributed by atoms with Crippen LogP contribution in [0.15, 0.2) is 29.3 Å². The summed E-state index contributed by atoms with van der Waals surface area (Å²) in [5, 5.41) is 2.69. The van der Waals surface area contributed by atoms with E-state index in [9.17, 15) is 0 Å². The van der Waals surface area contributed by atoms with Crippen molar-refractivity contribution in [3.05, 3.63) is 29.3 Å². The minimum absolute atomic E-state index is 0.226. The van der Waals surface area contributed by atoms with E-state index >= 15 is 0 Å². The van der Waals surface area contributed by atoms with Crippen LogP contribution in [0.25, 0.3) is 0 Å². The van der Waals surface area contributed by atoms with Crippen LogP contribution in [0.2, 0.25) is 5.02 Å². The molecule has 1 aromatic carbocycles. The predicted molar refractivity (Wildman–Crippen MR) is 59.7 cm³/mol. The highest BCUT2D eigenvalue weighted by molar-refractivity contribution is 7.78. The van der Waals surface area contributed by atoms with Crippen molar-refractivity contribution in [3.63, 3.8) is 0 Å². The van der Waals surface area contributed by atoms with E-state index in [1.807, 2.05) is 12.1 Å². The number of ether oxygens (including phenoxy) is 1. The fourth-order valence-corrected chi connectivity index (χ4v) is 1.01. The first kappa shape index (κ1) is 10.7. The van der Waals surface area contributed by atoms with Crippen molar-refractivity contribution in [2.75, 3.05) is 6.61 Å². The summed E-state index contributed by atoms with van der Waals surface area (Å²) in [6.45, 7) is 0.226. The highest BCUT2D eigenvalue weighted by Crippen LogP contribution is 2.22. The van der Waals surface area contributed by atoms with Crippen molar-refractivity contribution in [3.8, 4) is 17.7 Å². The number of halogens is 1. The number of rotatable bonds is 2. The van der Waals surface area contributed by atoms with Gasteiger partial charge < -0.3 is 4.74 Å². The fourth-order valence-electron chi connectivity index (χ4n) is 0.770. The summed E-state index contributed by atoms with van der Waals surface area (Å²) >= 11 is 10.2. The van der Waals surface area contributed by atoms with Crippen LogP contribution in [0.5, 0.6) is 5.75 Å². The summed E-state index contributed by atoms with van der Waals surface area (Å²) in [5.74, 6) is 3.24. The van der Waals surface area contributed by atoms with Gasteiger partial charge in [-0.3, -0.25) is 0 Å². The molecule has 0 fully saturated rings. The molecule has 0 unspecified atom stereocenters. The lowest BCUT2D eigenvalue weighted by Crippen LogP contribution is -1.93. The Kier molecular flexibility index (Phi) is 4.74. The average Bonchev–Trinajstić information content (AvgIpc) is 2.20. The molecule has 0 aliphatic carbocycles. The summed E-state index contributed by atoms with van der Waals surface area (Å²) in [5.41, 5.74) is 0. The van der Waals surface area contributed by atoms with E-state index in [-0.39, 0.29) is 6.61 Å². The molecular formula is C10H6ClNOS. The SMILES string of the molecule is S=C=NC#CCOc1ccccc1Cl. The molecule has 0 atom stereocenters. The highest BCUT2D eigenvalue weighted by atomic mass is 35.5. The van der Waals surface area contributed by atoms with Crippen LogP contribution in [-0.2, 0) is 0 Å². The van der Waals surface area contributed by atoms with Crippen molar-refractivity contribution in [2.45, 2.75) is 0 Å². The molecule has 0 bridgehead atoms. The molecule has 0 heterocycles. The predicted octanol–water partition coefficient (Wildman–Crippen LogP) is 2.78. The lowest BCUT2D eigenvalue weighted by molar-refractivity contribution is 0.370. The maximum Gasteiger partial charge on any atom is 0.151 e. The van der Waals surface area contributed by atoms with Crippen LogP contribution >= 0.6 is 23.8 Å². The topological polar surface area (TPSA) is 21.6 Å². The molecule has 0 spiro atoms. The van der Waals surface area contributed by atoms with Gasteiger partial charge in [-0.25, -0.2) is 0 Å². The maximum absolute atomic E-state index is 5.84. The number of aliphatic imine (C=N–C) groups is 1. The van der Waals surface area contributed by atoms with Gasteiger partial charge in [-0.1, -0.05) is 23.7 Å². The van der Waals surface area contributed by atoms with E-state index in [1.165, 1.54) is 0 Å². The zero-order valence-corrected chi connectivity index (χ0v) is 8.73. The summed E-state index contributed by atoms with van der Waals surface area (Å²) in [7, 11) is 0. The van der Waals surface area contributed by atoms with Crippen LogP contribution in [0.4, 0.5) is 0 Å². The second-order valence-corrected chi connectivity index (χ2v) is 2.80. The quantitative estimate of drug-likeness (QED) is 0.437. The Labute approximate surface area is 92.6 Å². The van der Waals surface area contributed by atoms with Gasteiger partial charge in [0.15, 0.2) is 6.61 Å². The van der Waals surface area contributed by atoms with E-state index in [4.69, 9.17) is 16.3 Å². The van der Waals surface area contributed by atoms with Crippen LogP contribution in [0.3, 0.4) is 0 Å². The van der Waals surface area contributed by atoms with Crippen molar-refractivity contribution < 1.29 is 4.74 Å². The van der Waals surface area contributed by atoms with E-state index in [0.29, 0.717) is 10.8 Å². The Morgan fingerprint density at radius 1 is 1.43 bits per heavy atom. The number of isothiocyanates is 1. The van der Waals surface area contributed by atoms with Gasteiger partial charge in [-0.15, -0.1) is 4.99 Å². The van der Waals surface area contributed by atoms with Gasteiger partial charge in [0.25, 0.3) is 0 Å². The third-order valence-corrected chi connectivity index (χ3v) is 1.72. The molecule has 4 heteroatoms. The van der Waals surface area contributed by atoms with Gasteiger partial charge in [0.05, 0.1) is 10.2 Å². The number of hydrogen-bond donors (Lipinski definition) is 0. The smallest absolute Gasteiger partial charge is 0.151 e. The first-order chi connectivity index (χ1) is 6.84. The molecule has 0 aromatic heterocycles. The van der Waals surface area contributed by atoms with Crippen molar-refractivity contribution >= 4 is 29.0 Å². The Balaban J connectivity index is 2.51. The van der Waals surface area contributed by atoms with Gasteiger partial charge >= 0.3 is 0 Å². The standard InChI is InChI=1S/C10H6ClNOS/c11-9-4-1-2-5-10(9)13-7-3-6-12-8-14/h1-2,4-5H,7H2. The largest absolute Gasteiger partial charge is 0.479 e. The Bertz CT molecular complexity index is 416. The molecule has 1 aromatic rings. The molecule has 0 aliphatic rings. The molecule has 1 rings (SSSR count). The monoisotopic (exact) mass is 223 g/mol. The first-order valence-corrected chi connectivity index (χ1v) is 4.55.